The van der Waals surface area contributed by atoms with Crippen molar-refractivity contribution in [1.29, 1.82) is 0 Å². The summed E-state index contributed by atoms with van der Waals surface area (Å²) in [6, 6.07) is 11.2. The van der Waals surface area contributed by atoms with Gasteiger partial charge in [-0.15, -0.1) is 5.10 Å². The Morgan fingerprint density at radius 3 is 2.88 bits per heavy atom. The topological polar surface area (TPSA) is 84.1 Å². The zero-order chi connectivity index (χ0) is 16.9. The highest BCUT2D eigenvalue weighted by Gasteiger charge is 2.27. The monoisotopic (exact) mass is 325 g/mol. The van der Waals surface area contributed by atoms with E-state index >= 15 is 0 Å². The maximum absolute atomic E-state index is 12.3. The number of benzene rings is 1. The SMILES string of the molecule is Cc1ccc(C(N)C(=O)NCC2CCCN2c2cccnn2)cc1. The summed E-state index contributed by atoms with van der Waals surface area (Å²) in [5, 5.41) is 11.1. The minimum absolute atomic E-state index is 0.148. The van der Waals surface area contributed by atoms with Crippen LogP contribution in [0.4, 0.5) is 5.82 Å². The molecule has 3 rings (SSSR count). The second-order valence-corrected chi connectivity index (χ2v) is 6.20. The first-order chi connectivity index (χ1) is 11.6. The number of nitrogens with one attached hydrogen (secondary N) is 1. The molecule has 2 unspecified atom stereocenters. The standard InChI is InChI=1S/C18H23N5O/c1-13-6-8-14(9-7-13)17(19)18(24)20-12-15-4-3-11-23(15)16-5-2-10-21-22-16/h2,5-10,15,17H,3-4,11-12,19H2,1H3,(H,20,24). The van der Waals surface area contributed by atoms with E-state index in [1.165, 1.54) is 0 Å². The largest absolute Gasteiger partial charge is 0.352 e. The maximum Gasteiger partial charge on any atom is 0.241 e. The molecule has 0 saturated carbocycles. The highest BCUT2D eigenvalue weighted by atomic mass is 16.2. The van der Waals surface area contributed by atoms with Crippen LogP contribution in [0.3, 0.4) is 0 Å². The van der Waals surface area contributed by atoms with Crippen molar-refractivity contribution in [2.45, 2.75) is 31.8 Å². The number of hydrogen-bond donors (Lipinski definition) is 2. The van der Waals surface area contributed by atoms with Gasteiger partial charge in [0.1, 0.15) is 6.04 Å². The van der Waals surface area contributed by atoms with E-state index in [1.54, 1.807) is 6.20 Å². The van der Waals surface area contributed by atoms with Gasteiger partial charge in [0.2, 0.25) is 5.91 Å². The van der Waals surface area contributed by atoms with Crippen molar-refractivity contribution in [3.05, 3.63) is 53.7 Å². The molecule has 1 aromatic carbocycles. The molecule has 1 aromatic heterocycles. The number of nitrogens with zero attached hydrogens (tertiary/aromatic N) is 3. The molecular weight excluding hydrogens is 302 g/mol. The third-order valence-corrected chi connectivity index (χ3v) is 4.46. The van der Waals surface area contributed by atoms with Gasteiger partial charge in [0.15, 0.2) is 5.82 Å². The Labute approximate surface area is 142 Å². The van der Waals surface area contributed by atoms with Crippen LogP contribution in [0.1, 0.15) is 30.0 Å². The number of aromatic nitrogens is 2. The van der Waals surface area contributed by atoms with E-state index in [2.05, 4.69) is 20.4 Å². The molecule has 0 spiro atoms. The molecule has 2 heterocycles. The normalized spacial score (nSPS) is 18.4. The quantitative estimate of drug-likeness (QED) is 0.872. The average Bonchev–Trinajstić information content (AvgIpc) is 3.09. The molecule has 1 fully saturated rings. The Kier molecular flexibility index (Phi) is 5.05. The fourth-order valence-electron chi connectivity index (χ4n) is 3.05. The van der Waals surface area contributed by atoms with Crippen molar-refractivity contribution in [2.24, 2.45) is 5.73 Å². The molecule has 2 atom stereocenters. The summed E-state index contributed by atoms with van der Waals surface area (Å²) in [5.74, 6) is 0.710. The van der Waals surface area contributed by atoms with E-state index in [-0.39, 0.29) is 11.9 Å². The Balaban J connectivity index is 1.58. The number of nitrogens with two attached hydrogens (primary N) is 1. The van der Waals surface area contributed by atoms with Crippen LogP contribution in [-0.2, 0) is 4.79 Å². The molecule has 24 heavy (non-hydrogen) atoms. The Hall–Kier alpha value is -2.47. The van der Waals surface area contributed by atoms with Gasteiger partial charge >= 0.3 is 0 Å². The first kappa shape index (κ1) is 16.4. The summed E-state index contributed by atoms with van der Waals surface area (Å²) < 4.78 is 0. The van der Waals surface area contributed by atoms with Gasteiger partial charge in [0.25, 0.3) is 0 Å². The average molecular weight is 325 g/mol. The molecule has 1 aliphatic rings. The summed E-state index contributed by atoms with van der Waals surface area (Å²) in [7, 11) is 0. The van der Waals surface area contributed by atoms with Crippen molar-refractivity contribution in [3.63, 3.8) is 0 Å². The lowest BCUT2D eigenvalue weighted by atomic mass is 10.1. The van der Waals surface area contributed by atoms with E-state index in [0.29, 0.717) is 6.54 Å². The molecule has 1 aliphatic heterocycles. The summed E-state index contributed by atoms with van der Waals surface area (Å²) >= 11 is 0. The predicted molar refractivity (Wildman–Crippen MR) is 93.5 cm³/mol. The first-order valence-electron chi connectivity index (χ1n) is 8.29. The third-order valence-electron chi connectivity index (χ3n) is 4.46. The summed E-state index contributed by atoms with van der Waals surface area (Å²) in [4.78, 5) is 14.5. The molecular formula is C18H23N5O. The van der Waals surface area contributed by atoms with E-state index in [9.17, 15) is 4.79 Å². The smallest absolute Gasteiger partial charge is 0.241 e. The third kappa shape index (κ3) is 3.71. The molecule has 6 nitrogen and oxygen atoms in total. The van der Waals surface area contributed by atoms with Crippen molar-refractivity contribution < 1.29 is 4.79 Å². The van der Waals surface area contributed by atoms with Gasteiger partial charge in [-0.2, -0.15) is 5.10 Å². The number of hydrogen-bond acceptors (Lipinski definition) is 5. The van der Waals surface area contributed by atoms with Gasteiger partial charge in [-0.1, -0.05) is 29.8 Å². The molecule has 3 N–H and O–H groups in total. The second kappa shape index (κ2) is 7.40. The predicted octanol–water partition coefficient (Wildman–Crippen LogP) is 1.57. The summed E-state index contributed by atoms with van der Waals surface area (Å²) in [6.07, 6.45) is 3.77. The minimum atomic E-state index is -0.642. The summed E-state index contributed by atoms with van der Waals surface area (Å²) in [6.45, 7) is 3.51. The Morgan fingerprint density at radius 2 is 2.17 bits per heavy atom. The van der Waals surface area contributed by atoms with E-state index in [4.69, 9.17) is 5.73 Å². The first-order valence-corrected chi connectivity index (χ1v) is 8.29. The van der Waals surface area contributed by atoms with Crippen LogP contribution in [-0.4, -0.2) is 35.2 Å². The van der Waals surface area contributed by atoms with Crippen LogP contribution in [0.15, 0.2) is 42.6 Å². The van der Waals surface area contributed by atoms with Crippen molar-refractivity contribution in [2.75, 3.05) is 18.0 Å². The molecule has 0 aliphatic carbocycles. The molecule has 6 heteroatoms. The molecule has 1 amide bonds. The van der Waals surface area contributed by atoms with Gasteiger partial charge < -0.3 is 16.0 Å². The van der Waals surface area contributed by atoms with Crippen molar-refractivity contribution >= 4 is 11.7 Å². The Bertz CT molecular complexity index is 674. The van der Waals surface area contributed by atoms with Gasteiger partial charge in [-0.25, -0.2) is 0 Å². The van der Waals surface area contributed by atoms with E-state index in [1.807, 2.05) is 43.3 Å². The number of anilines is 1. The lowest BCUT2D eigenvalue weighted by Crippen LogP contribution is -2.43. The van der Waals surface area contributed by atoms with Crippen LogP contribution >= 0.6 is 0 Å². The number of carbonyl (C=O) groups is 1. The summed E-state index contributed by atoms with van der Waals surface area (Å²) in [5.41, 5.74) is 8.05. The van der Waals surface area contributed by atoms with Crippen molar-refractivity contribution in [3.8, 4) is 0 Å². The van der Waals surface area contributed by atoms with Gasteiger partial charge in [-0.3, -0.25) is 4.79 Å². The lowest BCUT2D eigenvalue weighted by molar-refractivity contribution is -0.122. The zero-order valence-corrected chi connectivity index (χ0v) is 13.9. The van der Waals surface area contributed by atoms with Crippen LogP contribution in [0.25, 0.3) is 0 Å². The molecule has 0 radical (unpaired) electrons. The van der Waals surface area contributed by atoms with Gasteiger partial charge in [0, 0.05) is 25.3 Å². The van der Waals surface area contributed by atoms with Crippen molar-refractivity contribution in [1.82, 2.24) is 15.5 Å². The zero-order valence-electron chi connectivity index (χ0n) is 13.9. The fraction of sp³-hybridized carbons (Fsp3) is 0.389. The van der Waals surface area contributed by atoms with E-state index < -0.39 is 6.04 Å². The van der Waals surface area contributed by atoms with E-state index in [0.717, 1.165) is 36.3 Å². The van der Waals surface area contributed by atoms with Crippen LogP contribution in [0.5, 0.6) is 0 Å². The number of rotatable bonds is 5. The van der Waals surface area contributed by atoms with Gasteiger partial charge in [-0.05, 0) is 37.5 Å². The van der Waals surface area contributed by atoms with Crippen LogP contribution in [0, 0.1) is 6.92 Å². The number of amides is 1. The second-order valence-electron chi connectivity index (χ2n) is 6.20. The van der Waals surface area contributed by atoms with Crippen LogP contribution in [0.2, 0.25) is 0 Å². The molecule has 0 bridgehead atoms. The lowest BCUT2D eigenvalue weighted by Gasteiger charge is -2.26. The number of aryl methyl sites for hydroxylation is 1. The highest BCUT2D eigenvalue weighted by Crippen LogP contribution is 2.22. The molecule has 1 saturated heterocycles. The molecule has 126 valence electrons. The highest BCUT2D eigenvalue weighted by molar-refractivity contribution is 5.83. The van der Waals surface area contributed by atoms with Gasteiger partial charge in [0.05, 0.1) is 0 Å². The number of carbonyl (C=O) groups excluding carboxylic acids is 1. The Morgan fingerprint density at radius 1 is 1.38 bits per heavy atom. The van der Waals surface area contributed by atoms with Crippen LogP contribution < -0.4 is 16.0 Å². The fourth-order valence-corrected chi connectivity index (χ4v) is 3.05. The molecule has 2 aromatic rings. The maximum atomic E-state index is 12.3. The minimum Gasteiger partial charge on any atom is -0.352 e.